The zero-order valence-electron chi connectivity index (χ0n) is 11.0. The number of aliphatic carboxylic acids is 1. The second-order valence-electron chi connectivity index (χ2n) is 5.06. The van der Waals surface area contributed by atoms with Crippen molar-refractivity contribution in [3.63, 3.8) is 0 Å². The average Bonchev–Trinajstić information content (AvgIpc) is 2.60. The van der Waals surface area contributed by atoms with Gasteiger partial charge in [0.15, 0.2) is 0 Å². The first-order valence-electron chi connectivity index (χ1n) is 6.07. The van der Waals surface area contributed by atoms with E-state index in [1.165, 1.54) is 4.90 Å². The standard InChI is InChI=1S/C12H15NO5.Na/c1-5(14)8-9-7-4-18-3-2-6(7)10(12(16)17)13(9)11(8)15;/h5,7-9,14H,2-4H2,1H3,(H,16,17);/q;+1/p-1/t5-,7-,8-,9-;/m1./s1. The van der Waals surface area contributed by atoms with E-state index in [9.17, 15) is 19.8 Å². The predicted molar refractivity (Wildman–Crippen MR) is 56.8 cm³/mol. The van der Waals surface area contributed by atoms with Crippen molar-refractivity contribution in [1.29, 1.82) is 0 Å². The van der Waals surface area contributed by atoms with Crippen LogP contribution < -0.4 is 34.7 Å². The Kier molecular flexibility index (Phi) is 4.09. The van der Waals surface area contributed by atoms with E-state index in [0.29, 0.717) is 19.6 Å². The van der Waals surface area contributed by atoms with Crippen LogP contribution in [0.3, 0.4) is 0 Å². The van der Waals surface area contributed by atoms with Crippen LogP contribution in [0.15, 0.2) is 11.3 Å². The van der Waals surface area contributed by atoms with Gasteiger partial charge in [0.05, 0.1) is 42.9 Å². The summed E-state index contributed by atoms with van der Waals surface area (Å²) in [6.07, 6.45) is -0.260. The van der Waals surface area contributed by atoms with Crippen LogP contribution in [-0.2, 0) is 14.3 Å². The van der Waals surface area contributed by atoms with E-state index in [0.717, 1.165) is 5.57 Å². The molecule has 0 aromatic rings. The van der Waals surface area contributed by atoms with E-state index in [-0.39, 0.29) is 53.1 Å². The van der Waals surface area contributed by atoms with Gasteiger partial charge in [0.25, 0.3) is 0 Å². The topological polar surface area (TPSA) is 89.9 Å². The van der Waals surface area contributed by atoms with Crippen molar-refractivity contribution in [3.8, 4) is 0 Å². The Morgan fingerprint density at radius 1 is 1.58 bits per heavy atom. The van der Waals surface area contributed by atoms with Crippen molar-refractivity contribution in [2.75, 3.05) is 13.2 Å². The summed E-state index contributed by atoms with van der Waals surface area (Å²) in [4.78, 5) is 24.4. The Labute approximate surface area is 132 Å². The molecule has 2 saturated heterocycles. The number of amides is 1. The van der Waals surface area contributed by atoms with Crippen molar-refractivity contribution < 1.29 is 54.1 Å². The molecule has 0 aromatic carbocycles. The molecule has 19 heavy (non-hydrogen) atoms. The number of nitrogens with zero attached hydrogens (tertiary/aromatic N) is 1. The van der Waals surface area contributed by atoms with Gasteiger partial charge in [-0.05, 0) is 18.9 Å². The van der Waals surface area contributed by atoms with Crippen LogP contribution >= 0.6 is 0 Å². The number of fused-ring (bicyclic) bond motifs is 3. The molecular formula is C12H14NNaO5. The third-order valence-electron chi connectivity index (χ3n) is 4.12. The van der Waals surface area contributed by atoms with Gasteiger partial charge >= 0.3 is 29.6 Å². The Bertz CT molecular complexity index is 461. The Morgan fingerprint density at radius 3 is 2.84 bits per heavy atom. The molecule has 0 aromatic heterocycles. The predicted octanol–water partition coefficient (Wildman–Crippen LogP) is -4.75. The minimum absolute atomic E-state index is 0. The summed E-state index contributed by atoms with van der Waals surface area (Å²) in [6.45, 7) is 2.43. The van der Waals surface area contributed by atoms with E-state index >= 15 is 0 Å². The van der Waals surface area contributed by atoms with Gasteiger partial charge in [-0.15, -0.1) is 0 Å². The van der Waals surface area contributed by atoms with E-state index < -0.39 is 18.0 Å². The van der Waals surface area contributed by atoms with E-state index in [4.69, 9.17) is 4.74 Å². The average molecular weight is 275 g/mol. The molecule has 3 rings (SSSR count). The third kappa shape index (κ3) is 1.97. The first kappa shape index (κ1) is 15.0. The molecule has 4 atom stereocenters. The van der Waals surface area contributed by atoms with Crippen molar-refractivity contribution in [2.45, 2.75) is 25.5 Å². The number of carbonyl (C=O) groups excluding carboxylic acids is 2. The molecule has 7 heteroatoms. The molecule has 3 aliphatic heterocycles. The van der Waals surface area contributed by atoms with Crippen molar-refractivity contribution in [1.82, 2.24) is 4.90 Å². The fourth-order valence-electron chi connectivity index (χ4n) is 3.37. The van der Waals surface area contributed by atoms with Gasteiger partial charge in [-0.1, -0.05) is 0 Å². The maximum Gasteiger partial charge on any atom is 1.00 e. The van der Waals surface area contributed by atoms with Crippen molar-refractivity contribution in [3.05, 3.63) is 11.3 Å². The SMILES string of the molecule is C[C@@H](O)[C@H]1C(=O)N2C(C(=O)[O-])=C3CCOC[C@H]3[C@H]12.[Na+]. The minimum Gasteiger partial charge on any atom is -0.543 e. The van der Waals surface area contributed by atoms with Crippen LogP contribution in [0.2, 0.25) is 0 Å². The number of ether oxygens (including phenoxy) is 1. The number of β-lactam (4-membered cyclic amide) rings is 1. The summed E-state index contributed by atoms with van der Waals surface area (Å²) in [7, 11) is 0. The number of rotatable bonds is 2. The molecule has 1 amide bonds. The van der Waals surface area contributed by atoms with Gasteiger partial charge in [-0.25, -0.2) is 0 Å². The van der Waals surface area contributed by atoms with E-state index in [1.807, 2.05) is 0 Å². The molecule has 98 valence electrons. The fourth-order valence-corrected chi connectivity index (χ4v) is 3.37. The summed E-state index contributed by atoms with van der Waals surface area (Å²) in [5.41, 5.74) is 0.748. The van der Waals surface area contributed by atoms with Gasteiger partial charge in [0.2, 0.25) is 5.91 Å². The molecular weight excluding hydrogens is 261 g/mol. The zero-order valence-corrected chi connectivity index (χ0v) is 13.0. The van der Waals surface area contributed by atoms with Crippen molar-refractivity contribution in [2.24, 2.45) is 11.8 Å². The van der Waals surface area contributed by atoms with Gasteiger partial charge in [0.1, 0.15) is 0 Å². The summed E-state index contributed by atoms with van der Waals surface area (Å²) in [5.74, 6) is -2.26. The summed E-state index contributed by atoms with van der Waals surface area (Å²) >= 11 is 0. The molecule has 0 bridgehead atoms. The number of hydrogen-bond donors (Lipinski definition) is 1. The van der Waals surface area contributed by atoms with Crippen LogP contribution in [0.4, 0.5) is 0 Å². The van der Waals surface area contributed by atoms with Crippen LogP contribution in [0, 0.1) is 11.8 Å². The number of hydrogen-bond acceptors (Lipinski definition) is 5. The third-order valence-corrected chi connectivity index (χ3v) is 4.12. The van der Waals surface area contributed by atoms with Gasteiger partial charge in [-0.3, -0.25) is 4.79 Å². The summed E-state index contributed by atoms with van der Waals surface area (Å²) < 4.78 is 5.36. The molecule has 0 spiro atoms. The Morgan fingerprint density at radius 2 is 2.26 bits per heavy atom. The summed E-state index contributed by atoms with van der Waals surface area (Å²) in [6, 6.07) is -0.277. The number of aliphatic hydroxyl groups excluding tert-OH is 1. The maximum atomic E-state index is 11.9. The molecule has 6 nitrogen and oxygen atoms in total. The number of aliphatic hydroxyl groups is 1. The van der Waals surface area contributed by atoms with E-state index in [2.05, 4.69) is 0 Å². The quantitative estimate of drug-likeness (QED) is 0.404. The molecule has 0 saturated carbocycles. The molecule has 0 aliphatic carbocycles. The van der Waals surface area contributed by atoms with Crippen LogP contribution in [-0.4, -0.2) is 47.2 Å². The minimum atomic E-state index is -1.31. The normalized spacial score (nSPS) is 34.1. The van der Waals surface area contributed by atoms with Gasteiger partial charge in [-0.2, -0.15) is 0 Å². The summed E-state index contributed by atoms with van der Waals surface area (Å²) in [5, 5.41) is 20.8. The first-order valence-corrected chi connectivity index (χ1v) is 6.07. The van der Waals surface area contributed by atoms with Gasteiger partial charge in [0, 0.05) is 5.92 Å². The zero-order chi connectivity index (χ0) is 13.0. The number of carboxylic acids is 1. The number of carboxylic acid groups (broad SMARTS) is 1. The van der Waals surface area contributed by atoms with Crippen molar-refractivity contribution >= 4 is 11.9 Å². The monoisotopic (exact) mass is 275 g/mol. The largest absolute Gasteiger partial charge is 1.00 e. The fraction of sp³-hybridized carbons (Fsp3) is 0.667. The Hall–Kier alpha value is -0.400. The second-order valence-corrected chi connectivity index (χ2v) is 5.06. The molecule has 3 aliphatic rings. The van der Waals surface area contributed by atoms with Gasteiger partial charge < -0.3 is 24.6 Å². The molecule has 3 heterocycles. The molecule has 0 radical (unpaired) electrons. The second kappa shape index (κ2) is 5.18. The first-order chi connectivity index (χ1) is 8.54. The molecule has 2 fully saturated rings. The number of carbonyl (C=O) groups is 2. The van der Waals surface area contributed by atoms with Crippen LogP contribution in [0.1, 0.15) is 13.3 Å². The van der Waals surface area contributed by atoms with E-state index in [1.54, 1.807) is 6.92 Å². The van der Waals surface area contributed by atoms with Crippen LogP contribution in [0.25, 0.3) is 0 Å². The Balaban J connectivity index is 0.00000133. The molecule has 1 N–H and O–H groups in total. The smallest absolute Gasteiger partial charge is 0.543 e. The van der Waals surface area contributed by atoms with Crippen LogP contribution in [0.5, 0.6) is 0 Å². The molecule has 0 unspecified atom stereocenters. The maximum absolute atomic E-state index is 11.9.